The predicted molar refractivity (Wildman–Crippen MR) is 120 cm³/mol. The lowest BCUT2D eigenvalue weighted by Gasteiger charge is -2.31. The lowest BCUT2D eigenvalue weighted by Crippen LogP contribution is -2.39. The maximum Gasteiger partial charge on any atom is 0.227 e. The third-order valence-corrected chi connectivity index (χ3v) is 6.56. The van der Waals surface area contributed by atoms with Gasteiger partial charge < -0.3 is 9.32 Å². The molecule has 1 aliphatic rings. The van der Waals surface area contributed by atoms with Crippen molar-refractivity contribution in [3.05, 3.63) is 65.3 Å². The number of benzene rings is 1. The maximum absolute atomic E-state index is 13.1. The molecule has 0 atom stereocenters. The Morgan fingerprint density at radius 1 is 1.19 bits per heavy atom. The number of nitrogens with zero attached hydrogens (tertiary/aromatic N) is 4. The first-order chi connectivity index (χ1) is 15.0. The Morgan fingerprint density at radius 3 is 2.77 bits per heavy atom. The standard InChI is InChI=1S/C25H28N4O2/c1-16(2)20-14-21-19(15-31-22(21)12-17(20)3)13-24(30)28-10-7-18(8-11-28)25-27-26-23-6-4-5-9-29(23)25/h4-6,9,12,14-16,18H,7-8,10-11,13H2,1-3H3. The van der Waals surface area contributed by atoms with E-state index in [9.17, 15) is 4.79 Å². The SMILES string of the molecule is Cc1cc2occ(CC(=O)N3CCC(c4nnc5ccccn45)CC3)c2cc1C(C)C. The lowest BCUT2D eigenvalue weighted by atomic mass is 9.94. The highest BCUT2D eigenvalue weighted by molar-refractivity contribution is 5.88. The third-order valence-electron chi connectivity index (χ3n) is 6.56. The lowest BCUT2D eigenvalue weighted by molar-refractivity contribution is -0.131. The summed E-state index contributed by atoms with van der Waals surface area (Å²) in [5, 5.41) is 9.75. The Balaban J connectivity index is 1.28. The van der Waals surface area contributed by atoms with Gasteiger partial charge in [0.25, 0.3) is 0 Å². The van der Waals surface area contributed by atoms with Crippen LogP contribution < -0.4 is 0 Å². The molecule has 5 rings (SSSR count). The minimum atomic E-state index is 0.166. The van der Waals surface area contributed by atoms with Crippen LogP contribution in [0.25, 0.3) is 16.6 Å². The molecule has 6 heteroatoms. The van der Waals surface area contributed by atoms with E-state index in [4.69, 9.17) is 4.42 Å². The van der Waals surface area contributed by atoms with Crippen LogP contribution in [-0.4, -0.2) is 38.5 Å². The quantitative estimate of drug-likeness (QED) is 0.477. The van der Waals surface area contributed by atoms with Crippen molar-refractivity contribution in [1.29, 1.82) is 0 Å². The average Bonchev–Trinajstić information content (AvgIpc) is 3.37. The van der Waals surface area contributed by atoms with E-state index in [0.717, 1.165) is 53.9 Å². The van der Waals surface area contributed by atoms with Crippen LogP contribution in [0.1, 0.15) is 61.0 Å². The van der Waals surface area contributed by atoms with Gasteiger partial charge in [0.15, 0.2) is 5.65 Å². The smallest absolute Gasteiger partial charge is 0.227 e. The highest BCUT2D eigenvalue weighted by Crippen LogP contribution is 2.31. The molecule has 1 aliphatic heterocycles. The minimum Gasteiger partial charge on any atom is -0.464 e. The Kier molecular flexibility index (Phi) is 5.00. The number of hydrogen-bond donors (Lipinski definition) is 0. The number of likely N-dealkylation sites (tertiary alicyclic amines) is 1. The molecule has 0 radical (unpaired) electrons. The van der Waals surface area contributed by atoms with Crippen LogP contribution in [0.4, 0.5) is 0 Å². The zero-order valence-corrected chi connectivity index (χ0v) is 18.3. The summed E-state index contributed by atoms with van der Waals surface area (Å²) in [6.07, 6.45) is 5.96. The fourth-order valence-electron chi connectivity index (χ4n) is 4.80. The summed E-state index contributed by atoms with van der Waals surface area (Å²) >= 11 is 0. The number of fused-ring (bicyclic) bond motifs is 2. The number of carbonyl (C=O) groups excluding carboxylic acids is 1. The van der Waals surface area contributed by atoms with E-state index in [2.05, 4.69) is 47.5 Å². The van der Waals surface area contributed by atoms with Crippen molar-refractivity contribution >= 4 is 22.5 Å². The number of pyridine rings is 1. The third kappa shape index (κ3) is 3.60. The first-order valence-electron chi connectivity index (χ1n) is 11.1. The van der Waals surface area contributed by atoms with Gasteiger partial charge in [-0.25, -0.2) is 0 Å². The normalized spacial score (nSPS) is 15.4. The van der Waals surface area contributed by atoms with E-state index < -0.39 is 0 Å². The molecule has 1 saturated heterocycles. The summed E-state index contributed by atoms with van der Waals surface area (Å²) in [6, 6.07) is 10.2. The van der Waals surface area contributed by atoms with Crippen molar-refractivity contribution in [2.24, 2.45) is 0 Å². The van der Waals surface area contributed by atoms with Gasteiger partial charge in [0, 0.05) is 36.2 Å². The van der Waals surface area contributed by atoms with Gasteiger partial charge >= 0.3 is 0 Å². The summed E-state index contributed by atoms with van der Waals surface area (Å²) in [7, 11) is 0. The van der Waals surface area contributed by atoms with Crippen LogP contribution in [-0.2, 0) is 11.2 Å². The number of furan rings is 1. The molecule has 6 nitrogen and oxygen atoms in total. The molecule has 4 aromatic rings. The van der Waals surface area contributed by atoms with Crippen molar-refractivity contribution in [2.75, 3.05) is 13.1 Å². The first-order valence-corrected chi connectivity index (χ1v) is 11.1. The number of amides is 1. The van der Waals surface area contributed by atoms with E-state index in [1.165, 1.54) is 11.1 Å². The molecule has 1 fully saturated rings. The molecule has 0 spiro atoms. The second-order valence-electron chi connectivity index (χ2n) is 8.94. The molecule has 0 bridgehead atoms. The van der Waals surface area contributed by atoms with Crippen LogP contribution >= 0.6 is 0 Å². The largest absolute Gasteiger partial charge is 0.464 e. The molecule has 0 aliphatic carbocycles. The summed E-state index contributed by atoms with van der Waals surface area (Å²) in [4.78, 5) is 15.0. The Morgan fingerprint density at radius 2 is 2.00 bits per heavy atom. The maximum atomic E-state index is 13.1. The number of hydrogen-bond acceptors (Lipinski definition) is 4. The number of carbonyl (C=O) groups is 1. The summed E-state index contributed by atoms with van der Waals surface area (Å²) in [5.74, 6) is 1.93. The fraction of sp³-hybridized carbons (Fsp3) is 0.400. The molecular formula is C25H28N4O2. The van der Waals surface area contributed by atoms with Crippen molar-refractivity contribution in [3.8, 4) is 0 Å². The van der Waals surface area contributed by atoms with Gasteiger partial charge in [0.2, 0.25) is 5.91 Å². The molecule has 1 amide bonds. The Labute approximate surface area is 181 Å². The number of aryl methyl sites for hydroxylation is 1. The van der Waals surface area contributed by atoms with Gasteiger partial charge in [-0.15, -0.1) is 10.2 Å². The van der Waals surface area contributed by atoms with Crippen LogP contribution in [0.5, 0.6) is 0 Å². The van der Waals surface area contributed by atoms with Gasteiger partial charge in [-0.05, 0) is 61.1 Å². The molecule has 4 heterocycles. The van der Waals surface area contributed by atoms with Crippen molar-refractivity contribution in [1.82, 2.24) is 19.5 Å². The predicted octanol–water partition coefficient (Wildman–Crippen LogP) is 4.86. The first kappa shape index (κ1) is 19.8. The molecule has 31 heavy (non-hydrogen) atoms. The van der Waals surface area contributed by atoms with Crippen molar-refractivity contribution in [3.63, 3.8) is 0 Å². The zero-order valence-electron chi connectivity index (χ0n) is 18.3. The molecule has 0 saturated carbocycles. The van der Waals surface area contributed by atoms with E-state index in [1.807, 2.05) is 29.3 Å². The highest BCUT2D eigenvalue weighted by atomic mass is 16.3. The van der Waals surface area contributed by atoms with E-state index in [0.29, 0.717) is 18.3 Å². The van der Waals surface area contributed by atoms with Gasteiger partial charge in [-0.2, -0.15) is 0 Å². The van der Waals surface area contributed by atoms with Crippen molar-refractivity contribution in [2.45, 2.75) is 51.9 Å². The fourth-order valence-corrected chi connectivity index (χ4v) is 4.80. The van der Waals surface area contributed by atoms with E-state index in [1.54, 1.807) is 6.26 Å². The zero-order chi connectivity index (χ0) is 21.5. The monoisotopic (exact) mass is 416 g/mol. The van der Waals surface area contributed by atoms with E-state index >= 15 is 0 Å². The molecule has 1 aromatic carbocycles. The molecular weight excluding hydrogens is 388 g/mol. The number of piperidine rings is 1. The van der Waals surface area contributed by atoms with Gasteiger partial charge in [0.05, 0.1) is 12.7 Å². The molecule has 0 unspecified atom stereocenters. The number of aromatic nitrogens is 3. The van der Waals surface area contributed by atoms with Crippen LogP contribution in [0.3, 0.4) is 0 Å². The molecule has 0 N–H and O–H groups in total. The van der Waals surface area contributed by atoms with Crippen LogP contribution in [0, 0.1) is 6.92 Å². The highest BCUT2D eigenvalue weighted by Gasteiger charge is 2.27. The summed E-state index contributed by atoms with van der Waals surface area (Å²) in [5.41, 5.74) is 5.26. The topological polar surface area (TPSA) is 63.6 Å². The van der Waals surface area contributed by atoms with E-state index in [-0.39, 0.29) is 5.91 Å². The van der Waals surface area contributed by atoms with Gasteiger partial charge in [0.1, 0.15) is 11.4 Å². The molecule has 160 valence electrons. The van der Waals surface area contributed by atoms with Crippen LogP contribution in [0.2, 0.25) is 0 Å². The van der Waals surface area contributed by atoms with Crippen molar-refractivity contribution < 1.29 is 9.21 Å². The average molecular weight is 417 g/mol. The van der Waals surface area contributed by atoms with Crippen LogP contribution in [0.15, 0.2) is 47.2 Å². The Bertz CT molecular complexity index is 1250. The second kappa shape index (κ2) is 7.84. The second-order valence-corrected chi connectivity index (χ2v) is 8.94. The van der Waals surface area contributed by atoms with Gasteiger partial charge in [-0.3, -0.25) is 9.20 Å². The number of rotatable bonds is 4. The minimum absolute atomic E-state index is 0.166. The summed E-state index contributed by atoms with van der Waals surface area (Å²) in [6.45, 7) is 8.00. The van der Waals surface area contributed by atoms with Gasteiger partial charge in [-0.1, -0.05) is 19.9 Å². The molecule has 3 aromatic heterocycles. The Hall–Kier alpha value is -3.15. The summed E-state index contributed by atoms with van der Waals surface area (Å²) < 4.78 is 7.83.